The van der Waals surface area contributed by atoms with Gasteiger partial charge < -0.3 is 5.32 Å². The molecule has 1 aliphatic rings. The standard InChI is InChI=1S/C7H8ClN3/c8-7-10-3-6(4-11-7)5-1-9-2-5/h3-5,9H,1-2H2. The van der Waals surface area contributed by atoms with E-state index in [0.29, 0.717) is 11.2 Å². The van der Waals surface area contributed by atoms with Gasteiger partial charge in [-0.05, 0) is 17.2 Å². The Labute approximate surface area is 69.8 Å². The molecule has 1 aromatic rings. The highest BCUT2D eigenvalue weighted by Gasteiger charge is 2.18. The molecule has 1 saturated heterocycles. The van der Waals surface area contributed by atoms with Crippen LogP contribution in [0.4, 0.5) is 0 Å². The third-order valence-corrected chi connectivity index (χ3v) is 2.09. The average molecular weight is 170 g/mol. The quantitative estimate of drug-likeness (QED) is 0.633. The molecule has 2 rings (SSSR count). The summed E-state index contributed by atoms with van der Waals surface area (Å²) >= 11 is 5.54. The Morgan fingerprint density at radius 3 is 2.45 bits per heavy atom. The van der Waals surface area contributed by atoms with Gasteiger partial charge in [0.05, 0.1) is 0 Å². The molecular weight excluding hydrogens is 162 g/mol. The molecule has 0 spiro atoms. The van der Waals surface area contributed by atoms with E-state index in [1.165, 1.54) is 5.56 Å². The van der Waals surface area contributed by atoms with Crippen molar-refractivity contribution in [1.82, 2.24) is 15.3 Å². The van der Waals surface area contributed by atoms with E-state index in [9.17, 15) is 0 Å². The van der Waals surface area contributed by atoms with Crippen LogP contribution in [0.1, 0.15) is 11.5 Å². The van der Waals surface area contributed by atoms with Gasteiger partial charge in [-0.1, -0.05) is 0 Å². The van der Waals surface area contributed by atoms with E-state index in [0.717, 1.165) is 13.1 Å². The lowest BCUT2D eigenvalue weighted by atomic mass is 9.97. The maximum atomic E-state index is 5.54. The molecule has 0 aromatic carbocycles. The number of aromatic nitrogens is 2. The van der Waals surface area contributed by atoms with Crippen LogP contribution < -0.4 is 5.32 Å². The van der Waals surface area contributed by atoms with Crippen molar-refractivity contribution in [2.75, 3.05) is 13.1 Å². The summed E-state index contributed by atoms with van der Waals surface area (Å²) in [6.45, 7) is 2.07. The van der Waals surface area contributed by atoms with Crippen molar-refractivity contribution in [3.63, 3.8) is 0 Å². The number of hydrogen-bond donors (Lipinski definition) is 1. The number of halogens is 1. The molecule has 58 valence electrons. The lowest BCUT2D eigenvalue weighted by molar-refractivity contribution is 0.446. The van der Waals surface area contributed by atoms with Crippen LogP contribution in [0.3, 0.4) is 0 Å². The van der Waals surface area contributed by atoms with Gasteiger partial charge in [0.1, 0.15) is 0 Å². The zero-order valence-electron chi connectivity index (χ0n) is 5.92. The first-order valence-electron chi connectivity index (χ1n) is 3.54. The van der Waals surface area contributed by atoms with Crippen LogP contribution in [0.2, 0.25) is 5.28 Å². The van der Waals surface area contributed by atoms with E-state index in [2.05, 4.69) is 15.3 Å². The van der Waals surface area contributed by atoms with Crippen molar-refractivity contribution in [3.8, 4) is 0 Å². The molecule has 1 fully saturated rings. The van der Waals surface area contributed by atoms with Crippen LogP contribution >= 0.6 is 11.6 Å². The van der Waals surface area contributed by atoms with Crippen LogP contribution in [-0.2, 0) is 0 Å². The molecule has 0 unspecified atom stereocenters. The van der Waals surface area contributed by atoms with Crippen LogP contribution in [-0.4, -0.2) is 23.1 Å². The third kappa shape index (κ3) is 1.34. The third-order valence-electron chi connectivity index (χ3n) is 1.89. The number of hydrogen-bond acceptors (Lipinski definition) is 3. The molecule has 1 aliphatic heterocycles. The normalized spacial score (nSPS) is 17.9. The van der Waals surface area contributed by atoms with Crippen LogP contribution in [0.25, 0.3) is 0 Å². The highest BCUT2D eigenvalue weighted by Crippen LogP contribution is 2.17. The highest BCUT2D eigenvalue weighted by atomic mass is 35.5. The Balaban J connectivity index is 2.18. The van der Waals surface area contributed by atoms with Crippen molar-refractivity contribution in [2.45, 2.75) is 5.92 Å². The van der Waals surface area contributed by atoms with Crippen LogP contribution in [0, 0.1) is 0 Å². The summed E-state index contributed by atoms with van der Waals surface area (Å²) < 4.78 is 0. The van der Waals surface area contributed by atoms with Gasteiger partial charge in [-0.25, -0.2) is 9.97 Å². The van der Waals surface area contributed by atoms with Crippen molar-refractivity contribution in [2.24, 2.45) is 0 Å². The molecule has 2 heterocycles. The second-order valence-corrected chi connectivity index (χ2v) is 2.98. The molecule has 11 heavy (non-hydrogen) atoms. The summed E-state index contributed by atoms with van der Waals surface area (Å²) in [7, 11) is 0. The molecule has 0 saturated carbocycles. The van der Waals surface area contributed by atoms with Crippen molar-refractivity contribution in [3.05, 3.63) is 23.2 Å². The predicted molar refractivity (Wildman–Crippen MR) is 42.7 cm³/mol. The summed E-state index contributed by atoms with van der Waals surface area (Å²) in [5.41, 5.74) is 1.17. The van der Waals surface area contributed by atoms with E-state index >= 15 is 0 Å². The fourth-order valence-electron chi connectivity index (χ4n) is 1.06. The van der Waals surface area contributed by atoms with E-state index in [1.54, 1.807) is 12.4 Å². The monoisotopic (exact) mass is 169 g/mol. The summed E-state index contributed by atoms with van der Waals surface area (Å²) in [6, 6.07) is 0. The number of rotatable bonds is 1. The molecule has 0 aliphatic carbocycles. The SMILES string of the molecule is Clc1ncc(C2CNC2)cn1. The fraction of sp³-hybridized carbons (Fsp3) is 0.429. The van der Waals surface area contributed by atoms with Crippen molar-refractivity contribution in [1.29, 1.82) is 0 Å². The zero-order chi connectivity index (χ0) is 7.68. The van der Waals surface area contributed by atoms with Crippen LogP contribution in [0.5, 0.6) is 0 Å². The minimum atomic E-state index is 0.320. The molecule has 0 atom stereocenters. The maximum Gasteiger partial charge on any atom is 0.222 e. The summed E-state index contributed by atoms with van der Waals surface area (Å²) in [5.74, 6) is 0.590. The van der Waals surface area contributed by atoms with Gasteiger partial charge in [-0.15, -0.1) is 0 Å². The number of nitrogens with zero attached hydrogens (tertiary/aromatic N) is 2. The minimum absolute atomic E-state index is 0.320. The van der Waals surface area contributed by atoms with E-state index in [4.69, 9.17) is 11.6 Å². The molecule has 4 heteroatoms. The molecule has 0 bridgehead atoms. The molecule has 0 radical (unpaired) electrons. The summed E-state index contributed by atoms with van der Waals surface area (Å²) in [5, 5.41) is 3.51. The Kier molecular flexibility index (Phi) is 1.75. The Bertz CT molecular complexity index is 242. The molecule has 3 nitrogen and oxygen atoms in total. The molecule has 1 aromatic heterocycles. The highest BCUT2D eigenvalue weighted by molar-refractivity contribution is 6.28. The Morgan fingerprint density at radius 1 is 1.36 bits per heavy atom. The van der Waals surface area contributed by atoms with Crippen molar-refractivity contribution < 1.29 is 0 Å². The zero-order valence-corrected chi connectivity index (χ0v) is 6.67. The molecule has 1 N–H and O–H groups in total. The largest absolute Gasteiger partial charge is 0.315 e. The first kappa shape index (κ1) is 7.00. The second kappa shape index (κ2) is 2.75. The van der Waals surface area contributed by atoms with Gasteiger partial charge in [0, 0.05) is 31.4 Å². The maximum absolute atomic E-state index is 5.54. The van der Waals surface area contributed by atoms with Crippen molar-refractivity contribution >= 4 is 11.6 Å². The minimum Gasteiger partial charge on any atom is -0.315 e. The first-order valence-corrected chi connectivity index (χ1v) is 3.92. The topological polar surface area (TPSA) is 37.8 Å². The molecule has 0 amide bonds. The summed E-state index contributed by atoms with van der Waals surface area (Å²) in [4.78, 5) is 7.82. The van der Waals surface area contributed by atoms with Gasteiger partial charge in [0.15, 0.2) is 0 Å². The first-order chi connectivity index (χ1) is 5.36. The fourth-order valence-corrected chi connectivity index (χ4v) is 1.16. The number of nitrogens with one attached hydrogen (secondary N) is 1. The van der Waals surface area contributed by atoms with Gasteiger partial charge >= 0.3 is 0 Å². The lowest BCUT2D eigenvalue weighted by Crippen LogP contribution is -2.39. The van der Waals surface area contributed by atoms with Gasteiger partial charge in [0.2, 0.25) is 5.28 Å². The second-order valence-electron chi connectivity index (χ2n) is 2.64. The summed E-state index contributed by atoms with van der Waals surface area (Å²) in [6.07, 6.45) is 3.58. The predicted octanol–water partition coefficient (Wildman–Crippen LogP) is 0.817. The lowest BCUT2D eigenvalue weighted by Gasteiger charge is -2.26. The Hall–Kier alpha value is -0.670. The smallest absolute Gasteiger partial charge is 0.222 e. The van der Waals surface area contributed by atoms with Gasteiger partial charge in [-0.3, -0.25) is 0 Å². The van der Waals surface area contributed by atoms with E-state index in [-0.39, 0.29) is 0 Å². The van der Waals surface area contributed by atoms with Crippen LogP contribution in [0.15, 0.2) is 12.4 Å². The molecular formula is C7H8ClN3. The van der Waals surface area contributed by atoms with Gasteiger partial charge in [0.25, 0.3) is 0 Å². The van der Waals surface area contributed by atoms with E-state index < -0.39 is 0 Å². The van der Waals surface area contributed by atoms with Gasteiger partial charge in [-0.2, -0.15) is 0 Å². The average Bonchev–Trinajstić information content (AvgIpc) is 1.90. The van der Waals surface area contributed by atoms with E-state index in [1.807, 2.05) is 0 Å². The Morgan fingerprint density at radius 2 is 2.00 bits per heavy atom.